The highest BCUT2D eigenvalue weighted by Crippen LogP contribution is 2.26. The normalized spacial score (nSPS) is 17.6. The van der Waals surface area contributed by atoms with Crippen LogP contribution < -0.4 is 26.2 Å². The Morgan fingerprint density at radius 2 is 1.71 bits per heavy atom. The van der Waals surface area contributed by atoms with Gasteiger partial charge in [0.2, 0.25) is 0 Å². The Labute approximate surface area is 183 Å². The SMILES string of the molecule is CCc1nc(C(N)=O)c(Nc2ccc(N3CCN(C)CC3)cc2)nc1N1CCNCC1. The summed E-state index contributed by atoms with van der Waals surface area (Å²) in [7, 11) is 2.15. The molecule has 9 nitrogen and oxygen atoms in total. The molecule has 9 heteroatoms. The summed E-state index contributed by atoms with van der Waals surface area (Å²) >= 11 is 0. The lowest BCUT2D eigenvalue weighted by Crippen LogP contribution is -2.44. The number of piperazine rings is 2. The third kappa shape index (κ3) is 4.88. The van der Waals surface area contributed by atoms with Gasteiger partial charge in [-0.05, 0) is 37.7 Å². The Bertz CT molecular complexity index is 902. The van der Waals surface area contributed by atoms with Crippen LogP contribution in [0.4, 0.5) is 23.0 Å². The first-order chi connectivity index (χ1) is 15.0. The second-order valence-corrected chi connectivity index (χ2v) is 8.11. The van der Waals surface area contributed by atoms with Gasteiger partial charge in [0.05, 0.1) is 5.69 Å². The molecular formula is C22H32N8O. The van der Waals surface area contributed by atoms with E-state index in [-0.39, 0.29) is 5.69 Å². The van der Waals surface area contributed by atoms with E-state index in [0.29, 0.717) is 12.2 Å². The van der Waals surface area contributed by atoms with E-state index >= 15 is 0 Å². The molecular weight excluding hydrogens is 392 g/mol. The van der Waals surface area contributed by atoms with Crippen LogP contribution in [-0.2, 0) is 6.42 Å². The molecule has 0 saturated carbocycles. The molecule has 0 aliphatic carbocycles. The zero-order valence-corrected chi connectivity index (χ0v) is 18.4. The monoisotopic (exact) mass is 424 g/mol. The fourth-order valence-corrected chi connectivity index (χ4v) is 4.04. The van der Waals surface area contributed by atoms with Crippen molar-refractivity contribution in [3.63, 3.8) is 0 Å². The summed E-state index contributed by atoms with van der Waals surface area (Å²) in [6.07, 6.45) is 0.687. The molecule has 4 rings (SSSR count). The summed E-state index contributed by atoms with van der Waals surface area (Å²) in [4.78, 5) is 28.4. The van der Waals surface area contributed by atoms with Crippen molar-refractivity contribution in [1.82, 2.24) is 20.2 Å². The first-order valence-electron chi connectivity index (χ1n) is 11.0. The standard InChI is InChI=1S/C22H32N8O/c1-3-18-22(30-10-8-24-9-11-30)27-21(19(26-18)20(23)31)25-16-4-6-17(7-5-16)29-14-12-28(2)13-15-29/h4-7,24H,3,8-15H2,1-2H3,(H2,23,31)(H,25,27). The van der Waals surface area contributed by atoms with Gasteiger partial charge in [-0.15, -0.1) is 0 Å². The van der Waals surface area contributed by atoms with E-state index in [9.17, 15) is 4.79 Å². The molecule has 166 valence electrons. The first-order valence-corrected chi connectivity index (χ1v) is 11.0. The maximum Gasteiger partial charge on any atom is 0.271 e. The van der Waals surface area contributed by atoms with E-state index in [1.54, 1.807) is 0 Å². The molecule has 2 saturated heterocycles. The molecule has 1 aromatic carbocycles. The highest BCUT2D eigenvalue weighted by atomic mass is 16.1. The van der Waals surface area contributed by atoms with Gasteiger partial charge < -0.3 is 31.1 Å². The number of rotatable bonds is 6. The summed E-state index contributed by atoms with van der Waals surface area (Å²) in [5, 5.41) is 6.63. The minimum Gasteiger partial charge on any atom is -0.369 e. The molecule has 2 aliphatic heterocycles. The quantitative estimate of drug-likeness (QED) is 0.632. The van der Waals surface area contributed by atoms with Crippen molar-refractivity contribution in [3.8, 4) is 0 Å². The molecule has 3 heterocycles. The van der Waals surface area contributed by atoms with Crippen LogP contribution in [0.25, 0.3) is 0 Å². The molecule has 31 heavy (non-hydrogen) atoms. The van der Waals surface area contributed by atoms with Crippen molar-refractivity contribution in [2.45, 2.75) is 13.3 Å². The van der Waals surface area contributed by atoms with E-state index in [1.807, 2.05) is 19.1 Å². The average Bonchev–Trinajstić information content (AvgIpc) is 2.80. The Morgan fingerprint density at radius 3 is 2.32 bits per heavy atom. The maximum atomic E-state index is 12.1. The molecule has 0 bridgehead atoms. The number of aromatic nitrogens is 2. The predicted molar refractivity (Wildman–Crippen MR) is 124 cm³/mol. The summed E-state index contributed by atoms with van der Waals surface area (Å²) in [5.74, 6) is 0.654. The van der Waals surface area contributed by atoms with Gasteiger partial charge in [-0.3, -0.25) is 4.79 Å². The third-order valence-electron chi connectivity index (χ3n) is 5.93. The number of anilines is 4. The number of hydrogen-bond acceptors (Lipinski definition) is 8. The van der Waals surface area contributed by atoms with Gasteiger partial charge >= 0.3 is 0 Å². The number of nitrogens with one attached hydrogen (secondary N) is 2. The fourth-order valence-electron chi connectivity index (χ4n) is 4.04. The van der Waals surface area contributed by atoms with Crippen LogP contribution in [0.2, 0.25) is 0 Å². The lowest BCUT2D eigenvalue weighted by atomic mass is 10.2. The highest BCUT2D eigenvalue weighted by molar-refractivity contribution is 5.96. The van der Waals surface area contributed by atoms with Gasteiger partial charge in [-0.25, -0.2) is 9.97 Å². The number of nitrogens with two attached hydrogens (primary N) is 1. The van der Waals surface area contributed by atoms with Crippen LogP contribution in [-0.4, -0.2) is 80.2 Å². The van der Waals surface area contributed by atoms with Crippen molar-refractivity contribution < 1.29 is 4.79 Å². The number of aryl methyl sites for hydroxylation is 1. The zero-order valence-electron chi connectivity index (χ0n) is 18.4. The molecule has 4 N–H and O–H groups in total. The van der Waals surface area contributed by atoms with Crippen LogP contribution in [0.5, 0.6) is 0 Å². The Balaban J connectivity index is 1.58. The number of carbonyl (C=O) groups excluding carboxylic acids is 1. The van der Waals surface area contributed by atoms with E-state index in [0.717, 1.165) is 69.6 Å². The van der Waals surface area contributed by atoms with E-state index in [1.165, 1.54) is 5.69 Å². The summed E-state index contributed by atoms with van der Waals surface area (Å²) in [5.41, 5.74) is 8.66. The number of carbonyl (C=O) groups is 1. The van der Waals surface area contributed by atoms with Crippen molar-refractivity contribution in [3.05, 3.63) is 35.7 Å². The predicted octanol–water partition coefficient (Wildman–Crippen LogP) is 1.04. The number of primary amides is 1. The molecule has 0 atom stereocenters. The van der Waals surface area contributed by atoms with Gasteiger partial charge in [-0.1, -0.05) is 6.92 Å². The van der Waals surface area contributed by atoms with Crippen LogP contribution in [0.1, 0.15) is 23.1 Å². The Kier molecular flexibility index (Phi) is 6.53. The van der Waals surface area contributed by atoms with Crippen LogP contribution in [0, 0.1) is 0 Å². The van der Waals surface area contributed by atoms with Crippen LogP contribution in [0.15, 0.2) is 24.3 Å². The van der Waals surface area contributed by atoms with Crippen molar-refractivity contribution in [2.75, 3.05) is 74.5 Å². The van der Waals surface area contributed by atoms with Gasteiger partial charge in [0.25, 0.3) is 5.91 Å². The highest BCUT2D eigenvalue weighted by Gasteiger charge is 2.22. The Hall–Kier alpha value is -2.91. The molecule has 2 fully saturated rings. The van der Waals surface area contributed by atoms with Crippen molar-refractivity contribution in [1.29, 1.82) is 0 Å². The zero-order chi connectivity index (χ0) is 21.8. The summed E-state index contributed by atoms with van der Waals surface area (Å²) in [6.45, 7) is 9.71. The smallest absolute Gasteiger partial charge is 0.271 e. The van der Waals surface area contributed by atoms with Crippen LogP contribution in [0.3, 0.4) is 0 Å². The number of likely N-dealkylation sites (N-methyl/N-ethyl adjacent to an activating group) is 1. The lowest BCUT2D eigenvalue weighted by molar-refractivity contribution is 0.0996. The van der Waals surface area contributed by atoms with E-state index < -0.39 is 5.91 Å². The minimum atomic E-state index is -0.578. The minimum absolute atomic E-state index is 0.180. The summed E-state index contributed by atoms with van der Waals surface area (Å²) in [6, 6.07) is 8.22. The maximum absolute atomic E-state index is 12.1. The number of hydrogen-bond donors (Lipinski definition) is 3. The van der Waals surface area contributed by atoms with Crippen molar-refractivity contribution >= 4 is 28.9 Å². The largest absolute Gasteiger partial charge is 0.369 e. The van der Waals surface area contributed by atoms with Gasteiger partial charge in [-0.2, -0.15) is 0 Å². The van der Waals surface area contributed by atoms with Gasteiger partial charge in [0, 0.05) is 63.7 Å². The molecule has 2 aromatic rings. The van der Waals surface area contributed by atoms with E-state index in [2.05, 4.69) is 49.5 Å². The number of amides is 1. The lowest BCUT2D eigenvalue weighted by Gasteiger charge is -2.34. The fraction of sp³-hybridized carbons (Fsp3) is 0.500. The molecule has 0 radical (unpaired) electrons. The molecule has 0 unspecified atom stereocenters. The summed E-state index contributed by atoms with van der Waals surface area (Å²) < 4.78 is 0. The molecule has 1 amide bonds. The van der Waals surface area contributed by atoms with E-state index in [4.69, 9.17) is 10.7 Å². The van der Waals surface area contributed by atoms with Gasteiger partial charge in [0.1, 0.15) is 0 Å². The number of benzene rings is 1. The van der Waals surface area contributed by atoms with Gasteiger partial charge in [0.15, 0.2) is 17.3 Å². The number of nitrogens with zero attached hydrogens (tertiary/aromatic N) is 5. The van der Waals surface area contributed by atoms with Crippen LogP contribution >= 0.6 is 0 Å². The first kappa shape index (κ1) is 21.3. The average molecular weight is 425 g/mol. The molecule has 1 aromatic heterocycles. The molecule has 0 spiro atoms. The Morgan fingerprint density at radius 1 is 1.03 bits per heavy atom. The van der Waals surface area contributed by atoms with Crippen molar-refractivity contribution in [2.24, 2.45) is 5.73 Å². The second-order valence-electron chi connectivity index (χ2n) is 8.11. The molecule has 2 aliphatic rings. The topological polar surface area (TPSA) is 103 Å². The third-order valence-corrected chi connectivity index (χ3v) is 5.93. The second kappa shape index (κ2) is 9.49.